The number of rotatable bonds is 9. The fraction of sp³-hybridized carbons (Fsp3) is 0.200. The van der Waals surface area contributed by atoms with Gasteiger partial charge in [-0.05, 0) is 48.4 Å². The summed E-state index contributed by atoms with van der Waals surface area (Å²) in [6.07, 6.45) is 0. The number of ether oxygens (including phenoxy) is 2. The number of nitrogens with one attached hydrogen (secondary N) is 1. The van der Waals surface area contributed by atoms with Crippen LogP contribution in [0.3, 0.4) is 0 Å². The molecule has 34 heavy (non-hydrogen) atoms. The van der Waals surface area contributed by atoms with Crippen molar-refractivity contribution in [2.75, 3.05) is 26.1 Å². The van der Waals surface area contributed by atoms with Crippen molar-refractivity contribution >= 4 is 27.6 Å². The summed E-state index contributed by atoms with van der Waals surface area (Å²) in [5.74, 6) is -1.25. The molecule has 0 atom stereocenters. The van der Waals surface area contributed by atoms with Gasteiger partial charge >= 0.3 is 5.97 Å². The molecule has 0 aliphatic rings. The lowest BCUT2D eigenvalue weighted by molar-refractivity contribution is -0.119. The van der Waals surface area contributed by atoms with Crippen molar-refractivity contribution in [3.05, 3.63) is 89.5 Å². The number of benzene rings is 3. The van der Waals surface area contributed by atoms with Gasteiger partial charge in [-0.3, -0.25) is 4.79 Å². The summed E-state index contributed by atoms with van der Waals surface area (Å²) < 4.78 is 37.9. The molecule has 0 aromatic heterocycles. The molecule has 3 aromatic rings. The number of nitrogens with zero attached hydrogens (tertiary/aromatic N) is 1. The lowest BCUT2D eigenvalue weighted by atomic mass is 10.2. The third-order valence-electron chi connectivity index (χ3n) is 4.97. The SMILES string of the molecule is COc1ccc(C(=O)OCC(=O)Nc2cccc(C)c2)cc1S(=O)(=O)N(C)Cc1ccccc1. The van der Waals surface area contributed by atoms with E-state index in [9.17, 15) is 18.0 Å². The van der Waals surface area contributed by atoms with E-state index in [2.05, 4.69) is 5.32 Å². The summed E-state index contributed by atoms with van der Waals surface area (Å²) >= 11 is 0. The van der Waals surface area contributed by atoms with Crippen molar-refractivity contribution in [2.24, 2.45) is 0 Å². The number of esters is 1. The van der Waals surface area contributed by atoms with E-state index in [-0.39, 0.29) is 22.8 Å². The van der Waals surface area contributed by atoms with Gasteiger partial charge in [0.05, 0.1) is 12.7 Å². The molecule has 8 nitrogen and oxygen atoms in total. The predicted molar refractivity (Wildman–Crippen MR) is 128 cm³/mol. The van der Waals surface area contributed by atoms with Crippen LogP contribution in [0.5, 0.6) is 5.75 Å². The van der Waals surface area contributed by atoms with Gasteiger partial charge in [0, 0.05) is 19.3 Å². The second kappa shape index (κ2) is 11.0. The second-order valence-corrected chi connectivity index (χ2v) is 9.62. The van der Waals surface area contributed by atoms with E-state index in [1.807, 2.05) is 43.3 Å². The minimum Gasteiger partial charge on any atom is -0.495 e. The van der Waals surface area contributed by atoms with Crippen molar-refractivity contribution in [3.63, 3.8) is 0 Å². The minimum absolute atomic E-state index is 0.0177. The molecule has 0 aliphatic carbocycles. The van der Waals surface area contributed by atoms with Gasteiger partial charge in [-0.2, -0.15) is 4.31 Å². The number of hydrogen-bond acceptors (Lipinski definition) is 6. The molecule has 1 amide bonds. The number of amides is 1. The van der Waals surface area contributed by atoms with Gasteiger partial charge in [0.15, 0.2) is 6.61 Å². The van der Waals surface area contributed by atoms with Crippen LogP contribution in [-0.2, 0) is 26.1 Å². The largest absolute Gasteiger partial charge is 0.495 e. The van der Waals surface area contributed by atoms with Crippen molar-refractivity contribution < 1.29 is 27.5 Å². The zero-order chi connectivity index (χ0) is 24.7. The summed E-state index contributed by atoms with van der Waals surface area (Å²) in [7, 11) is -1.20. The highest BCUT2D eigenvalue weighted by Gasteiger charge is 2.27. The first kappa shape index (κ1) is 24.9. The standard InChI is InChI=1S/C25H26N2O6S/c1-18-8-7-11-21(14-18)26-24(28)17-33-25(29)20-12-13-22(32-3)23(15-20)34(30,31)27(2)16-19-9-5-4-6-10-19/h4-15H,16-17H2,1-3H3,(H,26,28). The van der Waals surface area contributed by atoms with Gasteiger partial charge in [0.1, 0.15) is 10.6 Å². The molecule has 9 heteroatoms. The summed E-state index contributed by atoms with van der Waals surface area (Å²) in [6.45, 7) is 1.51. The third kappa shape index (κ3) is 6.21. The molecule has 0 unspecified atom stereocenters. The molecule has 0 heterocycles. The molecule has 3 aromatic carbocycles. The maximum absolute atomic E-state index is 13.2. The molecule has 0 saturated carbocycles. The fourth-order valence-corrected chi connectivity index (χ4v) is 4.57. The van der Waals surface area contributed by atoms with Crippen LogP contribution in [0.25, 0.3) is 0 Å². The highest BCUT2D eigenvalue weighted by atomic mass is 32.2. The normalized spacial score (nSPS) is 11.2. The van der Waals surface area contributed by atoms with Crippen LogP contribution >= 0.6 is 0 Å². The molecule has 0 fully saturated rings. The number of carbonyl (C=O) groups excluding carboxylic acids is 2. The third-order valence-corrected chi connectivity index (χ3v) is 6.80. The molecule has 1 N–H and O–H groups in total. The summed E-state index contributed by atoms with van der Waals surface area (Å²) in [4.78, 5) is 24.5. The van der Waals surface area contributed by atoms with Crippen LogP contribution in [0, 0.1) is 6.92 Å². The van der Waals surface area contributed by atoms with Crippen LogP contribution in [-0.4, -0.2) is 45.4 Å². The molecular formula is C25H26N2O6S. The first-order chi connectivity index (χ1) is 16.2. The van der Waals surface area contributed by atoms with Gasteiger partial charge in [-0.1, -0.05) is 42.5 Å². The van der Waals surface area contributed by atoms with Gasteiger partial charge in [0.2, 0.25) is 10.0 Å². The first-order valence-corrected chi connectivity index (χ1v) is 11.9. The Kier molecular flexibility index (Phi) is 8.04. The maximum atomic E-state index is 13.2. The van der Waals surface area contributed by atoms with Gasteiger partial charge < -0.3 is 14.8 Å². The number of carbonyl (C=O) groups is 2. The molecule has 178 valence electrons. The van der Waals surface area contributed by atoms with Crippen LogP contribution < -0.4 is 10.1 Å². The number of aryl methyl sites for hydroxylation is 1. The van der Waals surface area contributed by atoms with E-state index in [0.717, 1.165) is 11.1 Å². The Morgan fingerprint density at radius 2 is 1.71 bits per heavy atom. The molecule has 0 spiro atoms. The maximum Gasteiger partial charge on any atom is 0.338 e. The molecule has 3 rings (SSSR count). The van der Waals surface area contributed by atoms with Crippen LogP contribution in [0.4, 0.5) is 5.69 Å². The molecule has 0 radical (unpaired) electrons. The lowest BCUT2D eigenvalue weighted by Crippen LogP contribution is -2.27. The highest BCUT2D eigenvalue weighted by molar-refractivity contribution is 7.89. The topological polar surface area (TPSA) is 102 Å². The molecule has 0 bridgehead atoms. The van der Waals surface area contributed by atoms with Crippen molar-refractivity contribution in [3.8, 4) is 5.75 Å². The van der Waals surface area contributed by atoms with Crippen molar-refractivity contribution in [1.82, 2.24) is 4.31 Å². The summed E-state index contributed by atoms with van der Waals surface area (Å²) in [5.41, 5.74) is 2.35. The zero-order valence-electron chi connectivity index (χ0n) is 19.1. The Labute approximate surface area is 199 Å². The summed E-state index contributed by atoms with van der Waals surface area (Å²) in [5, 5.41) is 2.64. The van der Waals surface area contributed by atoms with E-state index >= 15 is 0 Å². The monoisotopic (exact) mass is 482 g/mol. The smallest absolute Gasteiger partial charge is 0.338 e. The van der Waals surface area contributed by atoms with Crippen LogP contribution in [0.15, 0.2) is 77.7 Å². The van der Waals surface area contributed by atoms with E-state index < -0.39 is 28.5 Å². The van der Waals surface area contributed by atoms with E-state index in [4.69, 9.17) is 9.47 Å². The Morgan fingerprint density at radius 1 is 0.971 bits per heavy atom. The highest BCUT2D eigenvalue weighted by Crippen LogP contribution is 2.28. The van der Waals surface area contributed by atoms with Crippen molar-refractivity contribution in [1.29, 1.82) is 0 Å². The molecule has 0 aliphatic heterocycles. The fourth-order valence-electron chi connectivity index (χ4n) is 3.23. The van der Waals surface area contributed by atoms with Crippen LogP contribution in [0.2, 0.25) is 0 Å². The van der Waals surface area contributed by atoms with Gasteiger partial charge in [0.25, 0.3) is 5.91 Å². The quantitative estimate of drug-likeness (QED) is 0.468. The number of anilines is 1. The Balaban J connectivity index is 1.73. The van der Waals surface area contributed by atoms with E-state index in [1.165, 1.54) is 36.7 Å². The number of methoxy groups -OCH3 is 1. The zero-order valence-corrected chi connectivity index (χ0v) is 20.0. The number of hydrogen-bond donors (Lipinski definition) is 1. The lowest BCUT2D eigenvalue weighted by Gasteiger charge is -2.19. The second-order valence-electron chi connectivity index (χ2n) is 7.61. The average Bonchev–Trinajstić information content (AvgIpc) is 2.82. The number of sulfonamides is 1. The Hall–Kier alpha value is -3.69. The van der Waals surface area contributed by atoms with Crippen LogP contribution in [0.1, 0.15) is 21.5 Å². The van der Waals surface area contributed by atoms with Gasteiger partial charge in [-0.25, -0.2) is 13.2 Å². The average molecular weight is 483 g/mol. The van der Waals surface area contributed by atoms with E-state index in [1.54, 1.807) is 18.2 Å². The first-order valence-electron chi connectivity index (χ1n) is 10.4. The molecular weight excluding hydrogens is 456 g/mol. The Morgan fingerprint density at radius 3 is 2.38 bits per heavy atom. The minimum atomic E-state index is -3.99. The van der Waals surface area contributed by atoms with Gasteiger partial charge in [-0.15, -0.1) is 0 Å². The summed E-state index contributed by atoms with van der Waals surface area (Å²) in [6, 6.07) is 20.3. The molecule has 0 saturated heterocycles. The Bertz CT molecular complexity index is 1280. The predicted octanol–water partition coefficient (Wildman–Crippen LogP) is 3.62. The van der Waals surface area contributed by atoms with E-state index in [0.29, 0.717) is 5.69 Å². The van der Waals surface area contributed by atoms with Crippen molar-refractivity contribution in [2.45, 2.75) is 18.4 Å².